The molecule has 3 heterocycles. The van der Waals surface area contributed by atoms with Crippen LogP contribution in [0.25, 0.3) is 11.3 Å². The number of pyridine rings is 1. The van der Waals surface area contributed by atoms with Gasteiger partial charge in [-0.25, -0.2) is 9.89 Å². The Morgan fingerprint density at radius 1 is 1.20 bits per heavy atom. The van der Waals surface area contributed by atoms with Crippen LogP contribution in [0.3, 0.4) is 0 Å². The van der Waals surface area contributed by atoms with E-state index in [2.05, 4.69) is 15.1 Å². The van der Waals surface area contributed by atoms with Crippen molar-refractivity contribution in [1.82, 2.24) is 19.7 Å². The smallest absolute Gasteiger partial charge is 0.341 e. The average Bonchev–Trinajstić information content (AvgIpc) is 3.17. The molecule has 0 spiro atoms. The number of fused-ring (bicyclic) bond motifs is 1. The van der Waals surface area contributed by atoms with Crippen LogP contribution < -0.4 is 10.3 Å². The van der Waals surface area contributed by atoms with Crippen LogP contribution in [0.2, 0.25) is 0 Å². The average molecular weight is 412 g/mol. The molecule has 9 heteroatoms. The van der Waals surface area contributed by atoms with Gasteiger partial charge in [0, 0.05) is 32.0 Å². The van der Waals surface area contributed by atoms with Crippen LogP contribution in [0.1, 0.15) is 22.0 Å². The quantitative estimate of drug-likeness (QED) is 0.613. The summed E-state index contributed by atoms with van der Waals surface area (Å²) in [5.74, 6) is 0.254. The first-order chi connectivity index (χ1) is 14.6. The SMILES string of the molecule is COC(=O)c1cn(CC(c2ccc(OC)cc2)N2CCOCC2)cc2c(=O)[nH]nc1-2. The largest absolute Gasteiger partial charge is 0.497 e. The zero-order valence-electron chi connectivity index (χ0n) is 17.0. The maximum atomic E-state index is 12.3. The number of morpholine rings is 1. The van der Waals surface area contributed by atoms with E-state index in [1.165, 1.54) is 7.11 Å². The fourth-order valence-electron chi connectivity index (χ4n) is 3.80. The van der Waals surface area contributed by atoms with Gasteiger partial charge in [0.15, 0.2) is 0 Å². The van der Waals surface area contributed by atoms with E-state index < -0.39 is 5.97 Å². The van der Waals surface area contributed by atoms with E-state index >= 15 is 0 Å². The van der Waals surface area contributed by atoms with E-state index in [1.54, 1.807) is 19.5 Å². The number of rotatable bonds is 6. The number of hydrogen-bond donors (Lipinski definition) is 1. The first kappa shape index (κ1) is 20.1. The Kier molecular flexibility index (Phi) is 5.82. The minimum atomic E-state index is -0.534. The summed E-state index contributed by atoms with van der Waals surface area (Å²) in [5.41, 5.74) is 1.70. The molecule has 158 valence electrons. The van der Waals surface area contributed by atoms with E-state index in [0.717, 1.165) is 24.4 Å². The lowest BCUT2D eigenvalue weighted by Gasteiger charge is -2.35. The third kappa shape index (κ3) is 3.94. The molecule has 4 rings (SSSR count). The van der Waals surface area contributed by atoms with Crippen LogP contribution in [-0.4, -0.2) is 66.2 Å². The highest BCUT2D eigenvalue weighted by molar-refractivity contribution is 5.95. The highest BCUT2D eigenvalue weighted by Gasteiger charge is 2.26. The van der Waals surface area contributed by atoms with Gasteiger partial charge in [-0.2, -0.15) is 5.10 Å². The number of nitrogens with one attached hydrogen (secondary N) is 1. The summed E-state index contributed by atoms with van der Waals surface area (Å²) in [4.78, 5) is 26.8. The molecule has 1 N–H and O–H groups in total. The Labute approximate surface area is 173 Å². The van der Waals surface area contributed by atoms with E-state index in [4.69, 9.17) is 14.2 Å². The number of carbonyl (C=O) groups is 1. The van der Waals surface area contributed by atoms with Gasteiger partial charge in [0.1, 0.15) is 17.0 Å². The van der Waals surface area contributed by atoms with Gasteiger partial charge in [0.05, 0.1) is 39.0 Å². The summed E-state index contributed by atoms with van der Waals surface area (Å²) < 4.78 is 17.5. The molecule has 0 saturated carbocycles. The maximum absolute atomic E-state index is 12.3. The fraction of sp³-hybridized carbons (Fsp3) is 0.381. The van der Waals surface area contributed by atoms with Gasteiger partial charge < -0.3 is 18.8 Å². The van der Waals surface area contributed by atoms with E-state index in [9.17, 15) is 9.59 Å². The third-order valence-electron chi connectivity index (χ3n) is 5.39. The van der Waals surface area contributed by atoms with Gasteiger partial charge in [0.25, 0.3) is 5.56 Å². The number of aromatic nitrogens is 3. The zero-order chi connectivity index (χ0) is 21.1. The maximum Gasteiger partial charge on any atom is 0.341 e. The number of hydrogen-bond acceptors (Lipinski definition) is 7. The molecule has 0 aliphatic carbocycles. The van der Waals surface area contributed by atoms with Crippen molar-refractivity contribution >= 4 is 5.97 Å². The minimum absolute atomic E-state index is 0.0229. The number of H-pyrrole nitrogens is 1. The molecule has 0 amide bonds. The second-order valence-corrected chi connectivity index (χ2v) is 7.11. The number of aromatic amines is 1. The molecule has 0 aromatic heterocycles. The van der Waals surface area contributed by atoms with Crippen molar-refractivity contribution in [3.05, 3.63) is 58.1 Å². The molecule has 1 aromatic rings. The summed E-state index contributed by atoms with van der Waals surface area (Å²) >= 11 is 0. The van der Waals surface area contributed by atoms with Crippen LogP contribution in [0, 0.1) is 0 Å². The predicted octanol–water partition coefficient (Wildman–Crippen LogP) is 1.54. The fourth-order valence-corrected chi connectivity index (χ4v) is 3.80. The van der Waals surface area contributed by atoms with Crippen LogP contribution in [0.15, 0.2) is 41.5 Å². The van der Waals surface area contributed by atoms with Gasteiger partial charge in [-0.1, -0.05) is 12.1 Å². The van der Waals surface area contributed by atoms with Gasteiger partial charge >= 0.3 is 5.97 Å². The van der Waals surface area contributed by atoms with Crippen LogP contribution in [0.5, 0.6) is 5.75 Å². The van der Waals surface area contributed by atoms with Crippen LogP contribution in [0.4, 0.5) is 0 Å². The minimum Gasteiger partial charge on any atom is -0.497 e. The van der Waals surface area contributed by atoms with E-state index in [-0.39, 0.29) is 17.2 Å². The molecule has 30 heavy (non-hydrogen) atoms. The number of nitrogens with zero attached hydrogens (tertiary/aromatic N) is 3. The summed E-state index contributed by atoms with van der Waals surface area (Å²) in [7, 11) is 2.95. The number of esters is 1. The van der Waals surface area contributed by atoms with Gasteiger partial charge in [-0.3, -0.25) is 9.69 Å². The van der Waals surface area contributed by atoms with Crippen molar-refractivity contribution < 1.29 is 19.0 Å². The third-order valence-corrected chi connectivity index (χ3v) is 5.39. The van der Waals surface area contributed by atoms with Crippen LogP contribution in [-0.2, 0) is 16.0 Å². The van der Waals surface area contributed by atoms with Gasteiger partial charge in [0.2, 0.25) is 0 Å². The van der Waals surface area contributed by atoms with Crippen LogP contribution >= 0.6 is 0 Å². The second-order valence-electron chi connectivity index (χ2n) is 7.11. The lowest BCUT2D eigenvalue weighted by atomic mass is 10.0. The summed E-state index contributed by atoms with van der Waals surface area (Å²) in [5, 5.41) is 6.40. The topological polar surface area (TPSA) is 98.7 Å². The van der Waals surface area contributed by atoms with Crippen molar-refractivity contribution in [3.8, 4) is 17.0 Å². The first-order valence-electron chi connectivity index (χ1n) is 9.73. The Morgan fingerprint density at radius 2 is 1.93 bits per heavy atom. The van der Waals surface area contributed by atoms with Crippen molar-refractivity contribution in [2.75, 3.05) is 40.5 Å². The standard InChI is InChI=1S/C21H24N4O5/c1-28-15-5-3-14(4-6-15)18(25-7-9-30-10-8-25)13-24-11-16-19(22-23-20(16)26)17(12-24)21(27)29-2/h3-6,11-12,18H,7-10,13H2,1-2H3,(H,23,26). The Morgan fingerprint density at radius 3 is 2.60 bits per heavy atom. The molecule has 0 radical (unpaired) electrons. The van der Waals surface area contributed by atoms with Crippen molar-refractivity contribution in [2.45, 2.75) is 12.6 Å². The van der Waals surface area contributed by atoms with Crippen molar-refractivity contribution in [3.63, 3.8) is 0 Å². The Hall–Kier alpha value is -3.17. The number of methoxy groups -OCH3 is 2. The molecule has 3 aliphatic heterocycles. The molecule has 9 nitrogen and oxygen atoms in total. The molecule has 1 unspecified atom stereocenters. The van der Waals surface area contributed by atoms with E-state index in [1.807, 2.05) is 28.8 Å². The van der Waals surface area contributed by atoms with Crippen molar-refractivity contribution in [1.29, 1.82) is 0 Å². The lowest BCUT2D eigenvalue weighted by Crippen LogP contribution is -2.40. The van der Waals surface area contributed by atoms with E-state index in [0.29, 0.717) is 31.0 Å². The molecule has 1 atom stereocenters. The molecule has 3 aliphatic rings. The predicted molar refractivity (Wildman–Crippen MR) is 109 cm³/mol. The molecule has 1 fully saturated rings. The monoisotopic (exact) mass is 412 g/mol. The van der Waals surface area contributed by atoms with Gasteiger partial charge in [-0.15, -0.1) is 0 Å². The summed E-state index contributed by atoms with van der Waals surface area (Å²) in [6.45, 7) is 3.45. The number of carbonyl (C=O) groups excluding carboxylic acids is 1. The zero-order valence-corrected chi connectivity index (χ0v) is 17.0. The highest BCUT2D eigenvalue weighted by atomic mass is 16.5. The molecular formula is C21H24N4O5. The first-order valence-corrected chi connectivity index (χ1v) is 9.73. The molecule has 0 bridgehead atoms. The normalized spacial score (nSPS) is 15.8. The molecule has 1 saturated heterocycles. The summed E-state index contributed by atoms with van der Waals surface area (Å²) in [6, 6.07) is 7.96. The number of benzene rings is 1. The van der Waals surface area contributed by atoms with Gasteiger partial charge in [-0.05, 0) is 17.7 Å². The lowest BCUT2D eigenvalue weighted by molar-refractivity contribution is 0.0122. The molecule has 1 aromatic carbocycles. The second kappa shape index (κ2) is 8.68. The highest BCUT2D eigenvalue weighted by Crippen LogP contribution is 2.28. The Balaban J connectivity index is 1.74. The Bertz CT molecular complexity index is 1040. The number of ether oxygens (including phenoxy) is 3. The summed E-state index contributed by atoms with van der Waals surface area (Å²) in [6.07, 6.45) is 3.41. The molecular weight excluding hydrogens is 388 g/mol. The van der Waals surface area contributed by atoms with Crippen molar-refractivity contribution in [2.24, 2.45) is 0 Å².